The molecular formula is C17H14N2O2S. The lowest BCUT2D eigenvalue weighted by Crippen LogP contribution is -2.19. The van der Waals surface area contributed by atoms with E-state index in [1.165, 1.54) is 4.57 Å². The highest BCUT2D eigenvalue weighted by atomic mass is 32.1. The highest BCUT2D eigenvalue weighted by Crippen LogP contribution is 2.19. The number of para-hydroxylation sites is 1. The van der Waals surface area contributed by atoms with Gasteiger partial charge in [-0.25, -0.2) is 0 Å². The molecule has 3 rings (SSSR count). The van der Waals surface area contributed by atoms with Gasteiger partial charge in [-0.1, -0.05) is 18.2 Å². The van der Waals surface area contributed by atoms with Crippen LogP contribution in [0.5, 0.6) is 5.75 Å². The monoisotopic (exact) mass is 310 g/mol. The Morgan fingerprint density at radius 2 is 1.73 bits per heavy atom. The fraction of sp³-hybridized carbons (Fsp3) is 0.0588. The first kappa shape index (κ1) is 14.3. The van der Waals surface area contributed by atoms with Crippen LogP contribution in [0.3, 0.4) is 0 Å². The van der Waals surface area contributed by atoms with Gasteiger partial charge in [0.05, 0.1) is 18.5 Å². The lowest BCUT2D eigenvalue weighted by atomic mass is 10.1. The molecule has 22 heavy (non-hydrogen) atoms. The molecule has 0 aliphatic rings. The molecule has 3 aromatic rings. The molecule has 1 aromatic heterocycles. The summed E-state index contributed by atoms with van der Waals surface area (Å²) in [5, 5.41) is 0. The number of methoxy groups -OCH3 is 1. The van der Waals surface area contributed by atoms with Crippen LogP contribution in [0.25, 0.3) is 16.9 Å². The number of rotatable bonds is 3. The van der Waals surface area contributed by atoms with Gasteiger partial charge >= 0.3 is 0 Å². The third kappa shape index (κ3) is 2.71. The standard InChI is InChI=1S/C17H14N2O2S/c1-21-14-9-7-12(8-10-14)15-11-16(20)19(17(22)18-15)13-5-3-2-4-6-13/h2-11H,1H3,(H,18,22). The van der Waals surface area contributed by atoms with Gasteiger partial charge in [-0.2, -0.15) is 0 Å². The topological polar surface area (TPSA) is 47.0 Å². The van der Waals surface area contributed by atoms with E-state index < -0.39 is 0 Å². The van der Waals surface area contributed by atoms with Crippen LogP contribution in [0, 0.1) is 4.77 Å². The zero-order chi connectivity index (χ0) is 15.5. The van der Waals surface area contributed by atoms with Crippen LogP contribution in [-0.2, 0) is 0 Å². The van der Waals surface area contributed by atoms with Gasteiger partial charge in [0.15, 0.2) is 4.77 Å². The van der Waals surface area contributed by atoms with E-state index in [0.717, 1.165) is 17.0 Å². The van der Waals surface area contributed by atoms with Gasteiger partial charge in [0.1, 0.15) is 5.75 Å². The van der Waals surface area contributed by atoms with Gasteiger partial charge in [0.25, 0.3) is 5.56 Å². The summed E-state index contributed by atoms with van der Waals surface area (Å²) in [5.74, 6) is 0.764. The van der Waals surface area contributed by atoms with E-state index in [9.17, 15) is 4.79 Å². The fourth-order valence-electron chi connectivity index (χ4n) is 2.24. The molecule has 5 heteroatoms. The van der Waals surface area contributed by atoms with E-state index in [1.807, 2.05) is 54.6 Å². The highest BCUT2D eigenvalue weighted by molar-refractivity contribution is 7.71. The maximum atomic E-state index is 12.4. The van der Waals surface area contributed by atoms with Gasteiger partial charge in [-0.05, 0) is 54.2 Å². The molecule has 0 radical (unpaired) electrons. The third-order valence-corrected chi connectivity index (χ3v) is 3.63. The van der Waals surface area contributed by atoms with Crippen molar-refractivity contribution in [3.63, 3.8) is 0 Å². The quantitative estimate of drug-likeness (QED) is 0.752. The lowest BCUT2D eigenvalue weighted by molar-refractivity contribution is 0.415. The summed E-state index contributed by atoms with van der Waals surface area (Å²) in [5.41, 5.74) is 2.14. The molecule has 0 spiro atoms. The van der Waals surface area contributed by atoms with Crippen LogP contribution in [-0.4, -0.2) is 16.7 Å². The Morgan fingerprint density at radius 1 is 1.05 bits per heavy atom. The highest BCUT2D eigenvalue weighted by Gasteiger charge is 2.06. The van der Waals surface area contributed by atoms with Gasteiger partial charge in [-0.15, -0.1) is 0 Å². The zero-order valence-electron chi connectivity index (χ0n) is 11.9. The Morgan fingerprint density at radius 3 is 2.32 bits per heavy atom. The van der Waals surface area contributed by atoms with Gasteiger partial charge < -0.3 is 9.72 Å². The van der Waals surface area contributed by atoms with Crippen molar-refractivity contribution in [3.05, 3.63) is 75.8 Å². The Balaban J connectivity index is 2.10. The molecule has 0 atom stereocenters. The molecule has 2 aromatic carbocycles. The number of ether oxygens (including phenoxy) is 1. The first-order valence-corrected chi connectivity index (χ1v) is 7.16. The van der Waals surface area contributed by atoms with E-state index in [0.29, 0.717) is 10.5 Å². The van der Waals surface area contributed by atoms with E-state index in [2.05, 4.69) is 4.98 Å². The Labute approximate surface area is 132 Å². The first-order valence-electron chi connectivity index (χ1n) is 6.75. The number of aromatic amines is 1. The molecule has 0 unspecified atom stereocenters. The van der Waals surface area contributed by atoms with Gasteiger partial charge in [0, 0.05) is 6.07 Å². The van der Waals surface area contributed by atoms with E-state index in [1.54, 1.807) is 13.2 Å². The molecule has 0 saturated carbocycles. The molecular weight excluding hydrogens is 296 g/mol. The summed E-state index contributed by atoms with van der Waals surface area (Å²) in [7, 11) is 1.61. The summed E-state index contributed by atoms with van der Waals surface area (Å²) in [4.78, 5) is 15.5. The van der Waals surface area contributed by atoms with Crippen molar-refractivity contribution >= 4 is 12.2 Å². The Bertz CT molecular complexity index is 865. The molecule has 0 amide bonds. The fourth-order valence-corrected chi connectivity index (χ4v) is 2.55. The lowest BCUT2D eigenvalue weighted by Gasteiger charge is -2.08. The molecule has 0 aliphatic heterocycles. The molecule has 1 heterocycles. The average molecular weight is 310 g/mol. The summed E-state index contributed by atoms with van der Waals surface area (Å²) < 4.78 is 6.97. The summed E-state index contributed by atoms with van der Waals surface area (Å²) in [6, 6.07) is 18.3. The molecule has 0 aliphatic carbocycles. The smallest absolute Gasteiger partial charge is 0.259 e. The van der Waals surface area contributed by atoms with Gasteiger partial charge in [0.2, 0.25) is 0 Å². The second kappa shape index (κ2) is 5.99. The third-order valence-electron chi connectivity index (χ3n) is 3.35. The molecule has 0 fully saturated rings. The van der Waals surface area contributed by atoms with Crippen LogP contribution in [0.1, 0.15) is 0 Å². The van der Waals surface area contributed by atoms with Crippen LogP contribution in [0.2, 0.25) is 0 Å². The van der Waals surface area contributed by atoms with Crippen molar-refractivity contribution in [2.75, 3.05) is 7.11 Å². The largest absolute Gasteiger partial charge is 0.497 e. The van der Waals surface area contributed by atoms with E-state index in [-0.39, 0.29) is 5.56 Å². The Hall–Kier alpha value is -2.66. The van der Waals surface area contributed by atoms with Crippen molar-refractivity contribution in [2.24, 2.45) is 0 Å². The maximum absolute atomic E-state index is 12.4. The van der Waals surface area contributed by atoms with Crippen molar-refractivity contribution < 1.29 is 4.74 Å². The van der Waals surface area contributed by atoms with Crippen molar-refractivity contribution in [1.29, 1.82) is 0 Å². The normalized spacial score (nSPS) is 10.4. The zero-order valence-corrected chi connectivity index (χ0v) is 12.8. The molecule has 0 bridgehead atoms. The van der Waals surface area contributed by atoms with Crippen molar-refractivity contribution in [3.8, 4) is 22.7 Å². The molecule has 110 valence electrons. The number of nitrogens with one attached hydrogen (secondary N) is 1. The minimum atomic E-state index is -0.166. The number of nitrogens with zero attached hydrogens (tertiary/aromatic N) is 1. The first-order chi connectivity index (χ1) is 10.7. The number of H-pyrrole nitrogens is 1. The number of hydrogen-bond donors (Lipinski definition) is 1. The summed E-state index contributed by atoms with van der Waals surface area (Å²) in [6.45, 7) is 0. The number of benzene rings is 2. The molecule has 4 nitrogen and oxygen atoms in total. The van der Waals surface area contributed by atoms with Gasteiger partial charge in [-0.3, -0.25) is 9.36 Å². The SMILES string of the molecule is COc1ccc(-c2cc(=O)n(-c3ccccc3)c(=S)[nH]2)cc1. The van der Waals surface area contributed by atoms with Crippen LogP contribution >= 0.6 is 12.2 Å². The van der Waals surface area contributed by atoms with Crippen molar-refractivity contribution in [1.82, 2.24) is 9.55 Å². The van der Waals surface area contributed by atoms with Crippen molar-refractivity contribution in [2.45, 2.75) is 0 Å². The van der Waals surface area contributed by atoms with Crippen LogP contribution < -0.4 is 10.3 Å². The summed E-state index contributed by atoms with van der Waals surface area (Å²) in [6.07, 6.45) is 0. The number of aromatic nitrogens is 2. The predicted octanol–water partition coefficient (Wildman–Crippen LogP) is 3.57. The second-order valence-corrected chi connectivity index (χ2v) is 5.11. The van der Waals surface area contributed by atoms with Crippen LogP contribution in [0.15, 0.2) is 65.5 Å². The maximum Gasteiger partial charge on any atom is 0.259 e. The minimum absolute atomic E-state index is 0.166. The molecule has 1 N–H and O–H groups in total. The molecule has 0 saturated heterocycles. The minimum Gasteiger partial charge on any atom is -0.497 e. The number of hydrogen-bond acceptors (Lipinski definition) is 3. The average Bonchev–Trinajstić information content (AvgIpc) is 2.55. The van der Waals surface area contributed by atoms with E-state index in [4.69, 9.17) is 17.0 Å². The summed E-state index contributed by atoms with van der Waals surface area (Å²) >= 11 is 5.34. The Kier molecular flexibility index (Phi) is 3.89. The predicted molar refractivity (Wildman–Crippen MR) is 89.2 cm³/mol. The van der Waals surface area contributed by atoms with E-state index >= 15 is 0 Å². The van der Waals surface area contributed by atoms with Crippen LogP contribution in [0.4, 0.5) is 0 Å². The second-order valence-electron chi connectivity index (χ2n) is 4.73.